The molecule has 2 aliphatic rings. The van der Waals surface area contributed by atoms with Gasteiger partial charge in [0, 0.05) is 29.8 Å². The average Bonchev–Trinajstić information content (AvgIpc) is 3.63. The van der Waals surface area contributed by atoms with Crippen LogP contribution < -0.4 is 10.5 Å². The number of aromatic amines is 1. The topological polar surface area (TPSA) is 88.9 Å². The molecule has 6 rings (SSSR count). The number of amides is 2. The number of nitrogens with one attached hydrogen (secondary N) is 1. The standard InChI is InChI=1S/C30H27F3N4O4/c31-30(32,33)22-9-4-8-20(14-22)27(38)35-28-34-24-16-23(36-12-5-13-41-29(36)39)10-11-25(24)37(28)26-15-21(26)18-40-17-19-6-2-1-3-7-19/h1-4,6-11,14,16,21,26H,5,12-13,15,17-18H2,(H,34,35,38)/t21-,26+/m0/s1. The van der Waals surface area contributed by atoms with Crippen molar-refractivity contribution in [3.05, 3.63) is 95.1 Å². The summed E-state index contributed by atoms with van der Waals surface area (Å²) in [7, 11) is 0. The molecule has 2 fully saturated rings. The molecule has 2 heterocycles. The van der Waals surface area contributed by atoms with Gasteiger partial charge in [0.2, 0.25) is 5.62 Å². The lowest BCUT2D eigenvalue weighted by atomic mass is 10.1. The number of cyclic esters (lactones) is 1. The number of anilines is 1. The Morgan fingerprint density at radius 2 is 1.90 bits per heavy atom. The zero-order valence-electron chi connectivity index (χ0n) is 21.9. The molecule has 4 aromatic rings. The highest BCUT2D eigenvalue weighted by Crippen LogP contribution is 2.44. The molecule has 0 bridgehead atoms. The Bertz CT molecular complexity index is 1660. The van der Waals surface area contributed by atoms with Crippen molar-refractivity contribution in [2.24, 2.45) is 10.9 Å². The molecule has 1 aliphatic carbocycles. The van der Waals surface area contributed by atoms with E-state index in [4.69, 9.17) is 9.47 Å². The summed E-state index contributed by atoms with van der Waals surface area (Å²) in [5, 5.41) is 0. The van der Waals surface area contributed by atoms with E-state index in [1.165, 1.54) is 17.0 Å². The third kappa shape index (κ3) is 5.76. The van der Waals surface area contributed by atoms with Crippen LogP contribution in [-0.4, -0.2) is 41.3 Å². The van der Waals surface area contributed by atoms with Gasteiger partial charge in [0.25, 0.3) is 5.91 Å². The molecule has 212 valence electrons. The lowest BCUT2D eigenvalue weighted by Crippen LogP contribution is -2.37. The maximum Gasteiger partial charge on any atom is 0.416 e. The molecule has 2 amide bonds. The van der Waals surface area contributed by atoms with Crippen LogP contribution in [0.25, 0.3) is 11.0 Å². The van der Waals surface area contributed by atoms with Crippen molar-refractivity contribution in [3.63, 3.8) is 0 Å². The van der Waals surface area contributed by atoms with E-state index in [1.807, 2.05) is 41.0 Å². The van der Waals surface area contributed by atoms with E-state index in [0.717, 1.165) is 29.6 Å². The minimum atomic E-state index is -4.58. The van der Waals surface area contributed by atoms with Crippen molar-refractivity contribution in [3.8, 4) is 0 Å². The van der Waals surface area contributed by atoms with Gasteiger partial charge in [-0.15, -0.1) is 0 Å². The molecule has 1 aliphatic heterocycles. The predicted octanol–water partition coefficient (Wildman–Crippen LogP) is 5.85. The number of fused-ring (bicyclic) bond motifs is 1. The van der Waals surface area contributed by atoms with Gasteiger partial charge in [0.05, 0.1) is 36.4 Å². The highest BCUT2D eigenvalue weighted by atomic mass is 19.4. The molecule has 1 saturated carbocycles. The van der Waals surface area contributed by atoms with Crippen LogP contribution in [0.15, 0.2) is 77.8 Å². The quantitative estimate of drug-likeness (QED) is 0.305. The van der Waals surface area contributed by atoms with Crippen molar-refractivity contribution in [2.75, 3.05) is 24.7 Å². The summed E-state index contributed by atoms with van der Waals surface area (Å²) < 4.78 is 52.8. The van der Waals surface area contributed by atoms with Crippen molar-refractivity contribution in [2.45, 2.75) is 31.7 Å². The average molecular weight is 565 g/mol. The predicted molar refractivity (Wildman–Crippen MR) is 144 cm³/mol. The minimum Gasteiger partial charge on any atom is -0.449 e. The van der Waals surface area contributed by atoms with Crippen molar-refractivity contribution in [1.29, 1.82) is 0 Å². The van der Waals surface area contributed by atoms with Gasteiger partial charge < -0.3 is 19.0 Å². The van der Waals surface area contributed by atoms with Crippen LogP contribution in [0, 0.1) is 5.92 Å². The fourth-order valence-electron chi connectivity index (χ4n) is 5.12. The van der Waals surface area contributed by atoms with Crippen molar-refractivity contribution >= 4 is 28.7 Å². The van der Waals surface area contributed by atoms with Gasteiger partial charge in [-0.25, -0.2) is 4.79 Å². The van der Waals surface area contributed by atoms with Crippen LogP contribution in [0.4, 0.5) is 23.7 Å². The van der Waals surface area contributed by atoms with Crippen molar-refractivity contribution in [1.82, 2.24) is 9.55 Å². The summed E-state index contributed by atoms with van der Waals surface area (Å²) in [5.41, 5.74) is 2.22. The Labute approximate surface area is 233 Å². The Kier molecular flexibility index (Phi) is 7.12. The molecule has 41 heavy (non-hydrogen) atoms. The summed E-state index contributed by atoms with van der Waals surface area (Å²) in [6.45, 7) is 1.86. The van der Waals surface area contributed by atoms with Crippen molar-refractivity contribution < 1.29 is 32.2 Å². The fraction of sp³-hybridized carbons (Fsp3) is 0.300. The van der Waals surface area contributed by atoms with Crippen LogP contribution in [0.5, 0.6) is 0 Å². The number of benzene rings is 3. The largest absolute Gasteiger partial charge is 0.449 e. The Morgan fingerprint density at radius 3 is 2.68 bits per heavy atom. The lowest BCUT2D eigenvalue weighted by Gasteiger charge is -2.26. The highest BCUT2D eigenvalue weighted by Gasteiger charge is 2.40. The molecule has 8 nitrogen and oxygen atoms in total. The van der Waals surface area contributed by atoms with Gasteiger partial charge >= 0.3 is 12.3 Å². The first-order chi connectivity index (χ1) is 19.8. The van der Waals surface area contributed by atoms with E-state index in [9.17, 15) is 22.8 Å². The number of H-pyrrole nitrogens is 1. The number of alkyl halides is 3. The number of nitrogens with zero attached hydrogens (tertiary/aromatic N) is 3. The van der Waals surface area contributed by atoms with Gasteiger partial charge in [-0.05, 0) is 54.8 Å². The van der Waals surface area contributed by atoms with Gasteiger partial charge in [0.1, 0.15) is 0 Å². The number of rotatable bonds is 7. The van der Waals surface area contributed by atoms with E-state index in [-0.39, 0.29) is 23.1 Å². The van der Waals surface area contributed by atoms with Crippen LogP contribution in [-0.2, 0) is 22.3 Å². The minimum absolute atomic E-state index is 0.0293. The fourth-order valence-corrected chi connectivity index (χ4v) is 5.12. The van der Waals surface area contributed by atoms with Crippen LogP contribution >= 0.6 is 0 Å². The maximum atomic E-state index is 13.2. The SMILES string of the molecule is O=C(/N=c1\[nH]c2cc(N3CCCOC3=O)ccc2n1[C@@H]1C[C@H]1COCc1ccccc1)c1cccc(C(F)(F)F)c1. The molecule has 0 unspecified atom stereocenters. The zero-order valence-corrected chi connectivity index (χ0v) is 21.9. The first kappa shape index (κ1) is 26.8. The number of hydrogen-bond donors (Lipinski definition) is 1. The second kappa shape index (κ2) is 10.9. The van der Waals surface area contributed by atoms with Crippen LogP contribution in [0.2, 0.25) is 0 Å². The smallest absolute Gasteiger partial charge is 0.416 e. The van der Waals surface area contributed by atoms with E-state index in [0.29, 0.717) is 44.0 Å². The van der Waals surface area contributed by atoms with E-state index in [1.54, 1.807) is 12.1 Å². The summed E-state index contributed by atoms with van der Waals surface area (Å²) >= 11 is 0. The van der Waals surface area contributed by atoms with Crippen LogP contribution in [0.1, 0.15) is 40.4 Å². The molecule has 1 aromatic heterocycles. The molecule has 3 aromatic carbocycles. The molecule has 0 spiro atoms. The van der Waals surface area contributed by atoms with Gasteiger partial charge in [-0.1, -0.05) is 36.4 Å². The Hall–Kier alpha value is -4.38. The number of hydrogen-bond acceptors (Lipinski definition) is 4. The van der Waals surface area contributed by atoms with E-state index in [2.05, 4.69) is 9.98 Å². The van der Waals surface area contributed by atoms with Gasteiger partial charge in [-0.2, -0.15) is 18.2 Å². The molecule has 1 saturated heterocycles. The van der Waals surface area contributed by atoms with Crippen LogP contribution in [0.3, 0.4) is 0 Å². The first-order valence-electron chi connectivity index (χ1n) is 13.3. The highest BCUT2D eigenvalue weighted by molar-refractivity contribution is 5.95. The summed E-state index contributed by atoms with van der Waals surface area (Å²) in [5.74, 6) is -0.633. The normalized spacial score (nSPS) is 19.4. The maximum absolute atomic E-state index is 13.2. The summed E-state index contributed by atoms with van der Waals surface area (Å²) in [4.78, 5) is 34.3. The molecular formula is C30H27F3N4O4. The number of imidazole rings is 1. The van der Waals surface area contributed by atoms with Gasteiger partial charge in [-0.3, -0.25) is 9.69 Å². The molecule has 11 heteroatoms. The van der Waals surface area contributed by atoms with E-state index >= 15 is 0 Å². The number of halogens is 3. The molecule has 0 radical (unpaired) electrons. The lowest BCUT2D eigenvalue weighted by molar-refractivity contribution is -0.137. The molecular weight excluding hydrogens is 537 g/mol. The zero-order chi connectivity index (χ0) is 28.6. The third-order valence-corrected chi connectivity index (χ3v) is 7.30. The van der Waals surface area contributed by atoms with Gasteiger partial charge in [0.15, 0.2) is 0 Å². The summed E-state index contributed by atoms with van der Waals surface area (Å²) in [6, 6.07) is 19.5. The number of ether oxygens (including phenoxy) is 2. The first-order valence-corrected chi connectivity index (χ1v) is 13.3. The summed E-state index contributed by atoms with van der Waals surface area (Å²) in [6.07, 6.45) is -3.53. The number of carbonyl (C=O) groups excluding carboxylic acids is 2. The number of carbonyl (C=O) groups is 2. The Morgan fingerprint density at radius 1 is 1.07 bits per heavy atom. The monoisotopic (exact) mass is 564 g/mol. The Balaban J connectivity index is 1.32. The second-order valence-electron chi connectivity index (χ2n) is 10.2. The molecule has 2 atom stereocenters. The van der Waals surface area contributed by atoms with E-state index < -0.39 is 23.7 Å². The second-order valence-corrected chi connectivity index (χ2v) is 10.2. The molecule has 1 N–H and O–H groups in total. The number of aromatic nitrogens is 2. The third-order valence-electron chi connectivity index (χ3n) is 7.30.